The molecule has 33 heavy (non-hydrogen) atoms. The Labute approximate surface area is 189 Å². The van der Waals surface area contributed by atoms with Crippen molar-refractivity contribution >= 4 is 0 Å². The lowest BCUT2D eigenvalue weighted by atomic mass is 10.1. The van der Waals surface area contributed by atoms with Crippen LogP contribution in [0.15, 0.2) is 63.9 Å². The number of para-hydroxylation sites is 1. The van der Waals surface area contributed by atoms with E-state index in [1.54, 1.807) is 16.8 Å². The van der Waals surface area contributed by atoms with Gasteiger partial charge in [-0.05, 0) is 63.1 Å². The zero-order valence-corrected chi connectivity index (χ0v) is 18.6. The maximum atomic E-state index is 14.8. The molecule has 2 aromatic carbocycles. The summed E-state index contributed by atoms with van der Waals surface area (Å²) in [6.45, 7) is 3.89. The highest BCUT2D eigenvalue weighted by atomic mass is 19.1. The molecule has 0 unspecified atom stereocenters. The highest BCUT2D eigenvalue weighted by molar-refractivity contribution is 5.77. The van der Waals surface area contributed by atoms with Crippen molar-refractivity contribution in [3.8, 4) is 28.3 Å². The Kier molecular flexibility index (Phi) is 5.01. The van der Waals surface area contributed by atoms with Crippen LogP contribution in [0.4, 0.5) is 8.78 Å². The Morgan fingerprint density at radius 1 is 1.06 bits per heavy atom. The fourth-order valence-electron chi connectivity index (χ4n) is 4.26. The van der Waals surface area contributed by atoms with Gasteiger partial charge in [-0.25, -0.2) is 13.8 Å². The first-order chi connectivity index (χ1) is 15.8. The van der Waals surface area contributed by atoms with Gasteiger partial charge in [-0.15, -0.1) is 0 Å². The molecule has 0 amide bonds. The minimum Gasteiger partial charge on any atom is -0.438 e. The van der Waals surface area contributed by atoms with Gasteiger partial charge in [0.25, 0.3) is 5.56 Å². The van der Waals surface area contributed by atoms with E-state index in [1.807, 2.05) is 39.1 Å². The van der Waals surface area contributed by atoms with Crippen LogP contribution in [0.5, 0.6) is 0 Å². The van der Waals surface area contributed by atoms with Crippen molar-refractivity contribution in [2.24, 2.45) is 0 Å². The van der Waals surface area contributed by atoms with Gasteiger partial charge in [0.1, 0.15) is 17.3 Å². The van der Waals surface area contributed by atoms with Crippen molar-refractivity contribution in [2.45, 2.75) is 32.2 Å². The quantitative estimate of drug-likeness (QED) is 0.453. The molecular formula is C26H23F2N3O2. The Hall–Kier alpha value is -3.58. The van der Waals surface area contributed by atoms with Crippen molar-refractivity contribution in [1.29, 1.82) is 0 Å². The summed E-state index contributed by atoms with van der Waals surface area (Å²) in [4.78, 5) is 17.5. The monoisotopic (exact) mass is 447 g/mol. The number of nitrogens with zero attached hydrogens (tertiary/aromatic N) is 2. The summed E-state index contributed by atoms with van der Waals surface area (Å²) < 4.78 is 36.0. The van der Waals surface area contributed by atoms with Gasteiger partial charge in [0.2, 0.25) is 5.89 Å². The summed E-state index contributed by atoms with van der Waals surface area (Å²) in [6.07, 6.45) is 3.39. The van der Waals surface area contributed by atoms with Gasteiger partial charge in [-0.1, -0.05) is 18.2 Å². The number of halogens is 2. The molecule has 2 heterocycles. The number of aromatic nitrogens is 2. The second-order valence-corrected chi connectivity index (χ2v) is 8.52. The van der Waals surface area contributed by atoms with E-state index >= 15 is 0 Å². The minimum absolute atomic E-state index is 0.113. The summed E-state index contributed by atoms with van der Waals surface area (Å²) in [6, 6.07) is 12.3. The third kappa shape index (κ3) is 3.58. The molecular weight excluding hydrogens is 424 g/mol. The molecule has 5 nitrogen and oxygen atoms in total. The van der Waals surface area contributed by atoms with Gasteiger partial charge in [0.15, 0.2) is 5.76 Å². The van der Waals surface area contributed by atoms with Gasteiger partial charge >= 0.3 is 0 Å². The zero-order chi connectivity index (χ0) is 23.3. The molecule has 1 N–H and O–H groups in total. The molecule has 2 aromatic heterocycles. The van der Waals surface area contributed by atoms with E-state index in [-0.39, 0.29) is 16.9 Å². The van der Waals surface area contributed by atoms with E-state index in [0.29, 0.717) is 17.1 Å². The van der Waals surface area contributed by atoms with Crippen LogP contribution in [0.3, 0.4) is 0 Å². The normalized spacial score (nSPS) is 14.5. The van der Waals surface area contributed by atoms with Crippen LogP contribution >= 0.6 is 0 Å². The molecule has 7 heteroatoms. The summed E-state index contributed by atoms with van der Waals surface area (Å²) in [7, 11) is 1.83. The first-order valence-electron chi connectivity index (χ1n) is 10.8. The summed E-state index contributed by atoms with van der Waals surface area (Å²) in [5.74, 6) is -0.759. The van der Waals surface area contributed by atoms with Gasteiger partial charge in [0.05, 0.1) is 16.8 Å². The van der Waals surface area contributed by atoms with Crippen LogP contribution in [0.25, 0.3) is 28.3 Å². The molecule has 168 valence electrons. The number of nitrogens with one attached hydrogen (secondary N) is 1. The lowest BCUT2D eigenvalue weighted by Crippen LogP contribution is -2.24. The highest BCUT2D eigenvalue weighted by Crippen LogP contribution is 2.47. The third-order valence-corrected chi connectivity index (χ3v) is 6.31. The molecule has 0 bridgehead atoms. The van der Waals surface area contributed by atoms with Crippen LogP contribution in [-0.4, -0.2) is 16.6 Å². The topological polar surface area (TPSA) is 60.1 Å². The first kappa shape index (κ1) is 21.3. The van der Waals surface area contributed by atoms with Crippen LogP contribution < -0.4 is 10.9 Å². The van der Waals surface area contributed by atoms with Crippen LogP contribution in [0, 0.1) is 25.5 Å². The molecule has 0 aliphatic heterocycles. The van der Waals surface area contributed by atoms with E-state index in [4.69, 9.17) is 9.40 Å². The molecule has 4 aromatic rings. The predicted molar refractivity (Wildman–Crippen MR) is 122 cm³/mol. The first-order valence-corrected chi connectivity index (χ1v) is 10.8. The molecule has 0 atom stereocenters. The van der Waals surface area contributed by atoms with Crippen molar-refractivity contribution in [3.05, 3.63) is 93.7 Å². The zero-order valence-electron chi connectivity index (χ0n) is 18.6. The lowest BCUT2D eigenvalue weighted by Gasteiger charge is -2.13. The Morgan fingerprint density at radius 3 is 2.42 bits per heavy atom. The maximum absolute atomic E-state index is 14.8. The molecule has 1 aliphatic rings. The average molecular weight is 447 g/mol. The Balaban J connectivity index is 1.74. The SMILES string of the molecule is CNC1(c2nc(-c3ccc(=O)n(-c4c(C)cccc4C)c3)c(-c3ccc(F)cc3F)o2)CC1. The van der Waals surface area contributed by atoms with Gasteiger partial charge in [-0.2, -0.15) is 0 Å². The number of rotatable bonds is 5. The molecule has 1 aliphatic carbocycles. The second kappa shape index (κ2) is 7.78. The molecule has 1 saturated carbocycles. The summed E-state index contributed by atoms with van der Waals surface area (Å²) in [5, 5.41) is 3.23. The lowest BCUT2D eigenvalue weighted by molar-refractivity contribution is 0.407. The van der Waals surface area contributed by atoms with Crippen molar-refractivity contribution in [1.82, 2.24) is 14.9 Å². The number of aryl methyl sites for hydroxylation is 2. The summed E-state index contributed by atoms with van der Waals surface area (Å²) >= 11 is 0. The maximum Gasteiger partial charge on any atom is 0.255 e. The van der Waals surface area contributed by atoms with E-state index in [1.165, 1.54) is 18.2 Å². The average Bonchev–Trinajstić information content (AvgIpc) is 3.46. The van der Waals surface area contributed by atoms with Gasteiger partial charge in [0, 0.05) is 23.9 Å². The molecule has 0 saturated heterocycles. The van der Waals surface area contributed by atoms with E-state index < -0.39 is 17.2 Å². The van der Waals surface area contributed by atoms with Crippen LogP contribution in [0.2, 0.25) is 0 Å². The fourth-order valence-corrected chi connectivity index (χ4v) is 4.26. The number of hydrogen-bond acceptors (Lipinski definition) is 4. The van der Waals surface area contributed by atoms with Crippen molar-refractivity contribution in [2.75, 3.05) is 7.05 Å². The highest BCUT2D eigenvalue weighted by Gasteiger charge is 2.48. The van der Waals surface area contributed by atoms with E-state index in [2.05, 4.69) is 5.32 Å². The molecule has 0 spiro atoms. The van der Waals surface area contributed by atoms with Crippen LogP contribution in [-0.2, 0) is 5.54 Å². The molecule has 0 radical (unpaired) electrons. The van der Waals surface area contributed by atoms with E-state index in [9.17, 15) is 13.6 Å². The molecule has 5 rings (SSSR count). The smallest absolute Gasteiger partial charge is 0.255 e. The predicted octanol–water partition coefficient (Wildman–Crippen LogP) is 5.26. The Bertz CT molecular complexity index is 1410. The van der Waals surface area contributed by atoms with Gasteiger partial charge < -0.3 is 9.73 Å². The number of benzene rings is 2. The van der Waals surface area contributed by atoms with Crippen molar-refractivity contribution in [3.63, 3.8) is 0 Å². The van der Waals surface area contributed by atoms with Crippen molar-refractivity contribution < 1.29 is 13.2 Å². The Morgan fingerprint density at radius 2 is 1.79 bits per heavy atom. The fraction of sp³-hybridized carbons (Fsp3) is 0.231. The van der Waals surface area contributed by atoms with Crippen LogP contribution in [0.1, 0.15) is 29.9 Å². The third-order valence-electron chi connectivity index (χ3n) is 6.31. The second-order valence-electron chi connectivity index (χ2n) is 8.52. The number of pyridine rings is 1. The summed E-state index contributed by atoms with van der Waals surface area (Å²) in [5.41, 5.74) is 3.21. The molecule has 1 fully saturated rings. The van der Waals surface area contributed by atoms with E-state index in [0.717, 1.165) is 35.7 Å². The largest absolute Gasteiger partial charge is 0.438 e. The standard InChI is InChI=1S/C26H23F2N3O2/c1-15-5-4-6-16(2)23(15)31-14-17(7-10-21(31)32)22-24(19-9-8-18(27)13-20(19)28)33-25(30-22)26(29-3)11-12-26/h4-10,13-14,29H,11-12H2,1-3H3. The number of oxazole rings is 1. The van der Waals surface area contributed by atoms with Gasteiger partial charge in [-0.3, -0.25) is 9.36 Å². The number of hydrogen-bond donors (Lipinski definition) is 1. The minimum atomic E-state index is -0.740.